The van der Waals surface area contributed by atoms with Crippen LogP contribution in [0.5, 0.6) is 0 Å². The molecule has 0 bridgehead atoms. The lowest BCUT2D eigenvalue weighted by molar-refractivity contribution is 0.261. The zero-order valence-electron chi connectivity index (χ0n) is 13.1. The van der Waals surface area contributed by atoms with Gasteiger partial charge < -0.3 is 10.4 Å². The van der Waals surface area contributed by atoms with Gasteiger partial charge in [-0.15, -0.1) is 0 Å². The van der Waals surface area contributed by atoms with Crippen molar-refractivity contribution < 1.29 is 5.11 Å². The number of anilines is 1. The van der Waals surface area contributed by atoms with Gasteiger partial charge in [0, 0.05) is 30.9 Å². The minimum absolute atomic E-state index is 0.0946. The number of benzene rings is 2. The van der Waals surface area contributed by atoms with Gasteiger partial charge in [-0.25, -0.2) is 0 Å². The van der Waals surface area contributed by atoms with Crippen LogP contribution in [-0.4, -0.2) is 29.1 Å². The Morgan fingerprint density at radius 3 is 2.77 bits per heavy atom. The third-order valence-corrected chi connectivity index (χ3v) is 4.53. The Balaban J connectivity index is 1.60. The first kappa shape index (κ1) is 15.1. The molecule has 2 atom stereocenters. The molecule has 2 N–H and O–H groups in total. The van der Waals surface area contributed by atoms with E-state index in [0.717, 1.165) is 30.8 Å². The Morgan fingerprint density at radius 1 is 1.18 bits per heavy atom. The Kier molecular flexibility index (Phi) is 4.76. The number of rotatable bonds is 5. The highest BCUT2D eigenvalue weighted by atomic mass is 16.3. The van der Waals surface area contributed by atoms with Gasteiger partial charge in [0.2, 0.25) is 0 Å². The Hall–Kier alpha value is -1.84. The van der Waals surface area contributed by atoms with E-state index < -0.39 is 0 Å². The molecule has 0 radical (unpaired) electrons. The highest BCUT2D eigenvalue weighted by Crippen LogP contribution is 2.26. The predicted octanol–water partition coefficient (Wildman–Crippen LogP) is 3.43. The average Bonchev–Trinajstić information content (AvgIpc) is 3.03. The zero-order valence-corrected chi connectivity index (χ0v) is 13.1. The second-order valence-electron chi connectivity index (χ2n) is 6.07. The molecular formula is C19H24N2O. The van der Waals surface area contributed by atoms with Crippen LogP contribution in [0.2, 0.25) is 0 Å². The van der Waals surface area contributed by atoms with Crippen LogP contribution in [0.3, 0.4) is 0 Å². The summed E-state index contributed by atoms with van der Waals surface area (Å²) in [5.41, 5.74) is 3.44. The summed E-state index contributed by atoms with van der Waals surface area (Å²) >= 11 is 0. The van der Waals surface area contributed by atoms with Gasteiger partial charge in [0.1, 0.15) is 0 Å². The van der Waals surface area contributed by atoms with Crippen LogP contribution in [0.1, 0.15) is 30.5 Å². The summed E-state index contributed by atoms with van der Waals surface area (Å²) in [6.45, 7) is 4.55. The molecule has 2 aromatic carbocycles. The highest BCUT2D eigenvalue weighted by Gasteiger charge is 2.26. The van der Waals surface area contributed by atoms with E-state index in [0.29, 0.717) is 12.1 Å². The number of hydrogen-bond donors (Lipinski definition) is 2. The SMILES string of the molecule is C[C@@H](c1ccccc1)N1CC[C@H](Nc2cccc(CO)c2)C1. The lowest BCUT2D eigenvalue weighted by atomic mass is 10.1. The average molecular weight is 296 g/mol. The Bertz CT molecular complexity index is 599. The second kappa shape index (κ2) is 6.95. The lowest BCUT2D eigenvalue weighted by Gasteiger charge is -2.25. The molecule has 3 rings (SSSR count). The van der Waals surface area contributed by atoms with E-state index >= 15 is 0 Å². The fraction of sp³-hybridized carbons (Fsp3) is 0.368. The number of likely N-dealkylation sites (tertiary alicyclic amines) is 1. The van der Waals surface area contributed by atoms with Gasteiger partial charge in [-0.3, -0.25) is 4.90 Å². The van der Waals surface area contributed by atoms with Crippen LogP contribution in [-0.2, 0) is 6.61 Å². The fourth-order valence-electron chi connectivity index (χ4n) is 3.19. The maximum Gasteiger partial charge on any atom is 0.0682 e. The molecule has 116 valence electrons. The molecule has 0 unspecified atom stereocenters. The van der Waals surface area contributed by atoms with Crippen molar-refractivity contribution >= 4 is 5.69 Å². The molecule has 3 nitrogen and oxygen atoms in total. The Morgan fingerprint density at radius 2 is 2.00 bits per heavy atom. The maximum atomic E-state index is 9.23. The van der Waals surface area contributed by atoms with Crippen LogP contribution >= 0.6 is 0 Å². The van der Waals surface area contributed by atoms with Crippen molar-refractivity contribution in [1.29, 1.82) is 0 Å². The standard InChI is InChI=1S/C19H24N2O/c1-15(17-7-3-2-4-8-17)21-11-10-19(13-21)20-18-9-5-6-16(12-18)14-22/h2-9,12,15,19-20,22H,10-11,13-14H2,1H3/t15-,19-/m0/s1. The van der Waals surface area contributed by atoms with Crippen molar-refractivity contribution in [3.63, 3.8) is 0 Å². The molecule has 1 aliphatic heterocycles. The van der Waals surface area contributed by atoms with Crippen molar-refractivity contribution in [3.8, 4) is 0 Å². The van der Waals surface area contributed by atoms with E-state index in [9.17, 15) is 5.11 Å². The van der Waals surface area contributed by atoms with Gasteiger partial charge in [0.15, 0.2) is 0 Å². The van der Waals surface area contributed by atoms with E-state index in [2.05, 4.69) is 53.5 Å². The third-order valence-electron chi connectivity index (χ3n) is 4.53. The molecule has 2 aromatic rings. The van der Waals surface area contributed by atoms with E-state index in [-0.39, 0.29) is 6.61 Å². The molecule has 0 saturated carbocycles. The smallest absolute Gasteiger partial charge is 0.0682 e. The Labute approximate surface area is 132 Å². The van der Waals surface area contributed by atoms with Gasteiger partial charge in [-0.1, -0.05) is 42.5 Å². The van der Waals surface area contributed by atoms with Gasteiger partial charge in [0.25, 0.3) is 0 Å². The predicted molar refractivity (Wildman–Crippen MR) is 90.8 cm³/mol. The fourth-order valence-corrected chi connectivity index (χ4v) is 3.19. The van der Waals surface area contributed by atoms with Crippen molar-refractivity contribution in [3.05, 3.63) is 65.7 Å². The molecule has 0 amide bonds. The van der Waals surface area contributed by atoms with E-state index in [1.54, 1.807) is 0 Å². The number of aliphatic hydroxyl groups is 1. The lowest BCUT2D eigenvalue weighted by Crippen LogP contribution is -2.28. The zero-order chi connectivity index (χ0) is 15.4. The largest absolute Gasteiger partial charge is 0.392 e. The molecule has 1 saturated heterocycles. The van der Waals surface area contributed by atoms with Gasteiger partial charge in [-0.05, 0) is 36.6 Å². The second-order valence-corrected chi connectivity index (χ2v) is 6.07. The highest BCUT2D eigenvalue weighted by molar-refractivity contribution is 5.46. The topological polar surface area (TPSA) is 35.5 Å². The molecule has 0 aliphatic carbocycles. The summed E-state index contributed by atoms with van der Waals surface area (Å²) in [6.07, 6.45) is 1.15. The van der Waals surface area contributed by atoms with Gasteiger partial charge in [-0.2, -0.15) is 0 Å². The summed E-state index contributed by atoms with van der Waals surface area (Å²) in [4.78, 5) is 2.53. The van der Waals surface area contributed by atoms with Crippen LogP contribution in [0.25, 0.3) is 0 Å². The minimum Gasteiger partial charge on any atom is -0.392 e. The third kappa shape index (κ3) is 3.49. The van der Waals surface area contributed by atoms with Crippen LogP contribution < -0.4 is 5.32 Å². The maximum absolute atomic E-state index is 9.23. The monoisotopic (exact) mass is 296 g/mol. The summed E-state index contributed by atoms with van der Waals surface area (Å²) in [6, 6.07) is 19.7. The normalized spacial score (nSPS) is 20.0. The van der Waals surface area contributed by atoms with E-state index in [4.69, 9.17) is 0 Å². The van der Waals surface area contributed by atoms with Crippen molar-refractivity contribution in [2.24, 2.45) is 0 Å². The van der Waals surface area contributed by atoms with Crippen molar-refractivity contribution in [2.45, 2.75) is 32.0 Å². The first-order valence-electron chi connectivity index (χ1n) is 8.01. The minimum atomic E-state index is 0.0946. The first-order chi connectivity index (χ1) is 10.8. The first-order valence-corrected chi connectivity index (χ1v) is 8.01. The quantitative estimate of drug-likeness (QED) is 0.887. The molecule has 22 heavy (non-hydrogen) atoms. The molecule has 3 heteroatoms. The summed E-state index contributed by atoms with van der Waals surface area (Å²) < 4.78 is 0. The van der Waals surface area contributed by atoms with Crippen LogP contribution in [0.4, 0.5) is 5.69 Å². The van der Waals surface area contributed by atoms with Crippen LogP contribution in [0.15, 0.2) is 54.6 Å². The molecule has 0 aromatic heterocycles. The molecular weight excluding hydrogens is 272 g/mol. The molecule has 1 aliphatic rings. The number of nitrogens with one attached hydrogen (secondary N) is 1. The summed E-state index contributed by atoms with van der Waals surface area (Å²) in [5, 5.41) is 12.8. The number of nitrogens with zero attached hydrogens (tertiary/aromatic N) is 1. The van der Waals surface area contributed by atoms with Crippen LogP contribution in [0, 0.1) is 0 Å². The van der Waals surface area contributed by atoms with E-state index in [1.165, 1.54) is 5.56 Å². The summed E-state index contributed by atoms with van der Waals surface area (Å²) in [5.74, 6) is 0. The van der Waals surface area contributed by atoms with Gasteiger partial charge >= 0.3 is 0 Å². The molecule has 1 heterocycles. The molecule has 0 spiro atoms. The summed E-state index contributed by atoms with van der Waals surface area (Å²) in [7, 11) is 0. The van der Waals surface area contributed by atoms with Crippen molar-refractivity contribution in [2.75, 3.05) is 18.4 Å². The van der Waals surface area contributed by atoms with Crippen molar-refractivity contribution in [1.82, 2.24) is 4.90 Å². The number of hydrogen-bond acceptors (Lipinski definition) is 3. The molecule has 1 fully saturated rings. The number of aliphatic hydroxyl groups excluding tert-OH is 1. The van der Waals surface area contributed by atoms with E-state index in [1.807, 2.05) is 18.2 Å². The van der Waals surface area contributed by atoms with Gasteiger partial charge in [0.05, 0.1) is 6.61 Å².